The Balaban J connectivity index is 2.21. The van der Waals surface area contributed by atoms with Crippen molar-refractivity contribution in [3.05, 3.63) is 51.3 Å². The van der Waals surface area contributed by atoms with Crippen LogP contribution < -0.4 is 10.6 Å². The van der Waals surface area contributed by atoms with Gasteiger partial charge in [-0.25, -0.2) is 4.98 Å². The third-order valence-corrected chi connectivity index (χ3v) is 4.82. The summed E-state index contributed by atoms with van der Waals surface area (Å²) in [6.07, 6.45) is 4.90. The highest BCUT2D eigenvalue weighted by atomic mass is 32.1. The van der Waals surface area contributed by atoms with Gasteiger partial charge >= 0.3 is 0 Å². The molecule has 26 heavy (non-hydrogen) atoms. The second-order valence-electron chi connectivity index (χ2n) is 5.79. The van der Waals surface area contributed by atoms with Gasteiger partial charge in [0.25, 0.3) is 5.91 Å². The molecule has 1 atom stereocenters. The Morgan fingerprint density at radius 2 is 2.12 bits per heavy atom. The van der Waals surface area contributed by atoms with Crippen molar-refractivity contribution in [2.45, 2.75) is 33.4 Å². The number of carbonyl (C=O) groups is 2. The highest BCUT2D eigenvalue weighted by Gasteiger charge is 2.21. The van der Waals surface area contributed by atoms with E-state index in [0.29, 0.717) is 17.9 Å². The number of hydrogen-bond donors (Lipinski definition) is 3. The number of aromatic nitrogens is 1. The SMILES string of the molecule is CN/C(C(=O)N[C@H](C)C(C)=O)=C1/C=C(OCc2scnc2C)C=CC1=N. The minimum atomic E-state index is -0.603. The fourth-order valence-electron chi connectivity index (χ4n) is 2.17. The molecule has 0 radical (unpaired) electrons. The summed E-state index contributed by atoms with van der Waals surface area (Å²) in [6.45, 7) is 5.32. The molecule has 0 saturated heterocycles. The summed E-state index contributed by atoms with van der Waals surface area (Å²) >= 11 is 1.51. The normalized spacial score (nSPS) is 16.6. The van der Waals surface area contributed by atoms with Gasteiger partial charge in [0, 0.05) is 12.6 Å². The maximum absolute atomic E-state index is 12.4. The molecule has 0 unspecified atom stereocenters. The number of likely N-dealkylation sites (N-methyl/N-ethyl adjacent to an activating group) is 1. The third kappa shape index (κ3) is 4.66. The molecule has 0 fully saturated rings. The summed E-state index contributed by atoms with van der Waals surface area (Å²) < 4.78 is 5.78. The van der Waals surface area contributed by atoms with E-state index >= 15 is 0 Å². The van der Waals surface area contributed by atoms with Crippen molar-refractivity contribution in [2.24, 2.45) is 0 Å². The number of nitrogens with zero attached hydrogens (tertiary/aromatic N) is 1. The number of nitrogens with one attached hydrogen (secondary N) is 3. The zero-order valence-electron chi connectivity index (χ0n) is 15.2. The molecule has 1 aromatic rings. The van der Waals surface area contributed by atoms with E-state index in [1.165, 1.54) is 18.3 Å². The van der Waals surface area contributed by atoms with Crippen molar-refractivity contribution in [3.8, 4) is 0 Å². The first-order valence-electron chi connectivity index (χ1n) is 8.07. The molecular weight excluding hydrogens is 352 g/mol. The molecular formula is C18H22N4O3S. The highest BCUT2D eigenvalue weighted by Crippen LogP contribution is 2.20. The van der Waals surface area contributed by atoms with Gasteiger partial charge in [0.1, 0.15) is 18.1 Å². The number of ether oxygens (including phenoxy) is 1. The molecule has 1 heterocycles. The minimum Gasteiger partial charge on any atom is -0.488 e. The molecule has 1 amide bonds. The molecule has 0 aliphatic heterocycles. The Hall–Kier alpha value is -2.74. The monoisotopic (exact) mass is 374 g/mol. The van der Waals surface area contributed by atoms with Crippen LogP contribution in [0.15, 0.2) is 40.8 Å². The van der Waals surface area contributed by atoms with Crippen LogP contribution in [-0.4, -0.2) is 35.5 Å². The van der Waals surface area contributed by atoms with E-state index in [4.69, 9.17) is 10.1 Å². The first-order valence-corrected chi connectivity index (χ1v) is 8.95. The van der Waals surface area contributed by atoms with Crippen molar-refractivity contribution >= 4 is 28.7 Å². The highest BCUT2D eigenvalue weighted by molar-refractivity contribution is 7.09. The van der Waals surface area contributed by atoms with Gasteiger partial charge in [-0.05, 0) is 39.0 Å². The second-order valence-corrected chi connectivity index (χ2v) is 6.73. The van der Waals surface area contributed by atoms with Gasteiger partial charge in [-0.1, -0.05) is 0 Å². The van der Waals surface area contributed by atoms with Crippen molar-refractivity contribution in [1.82, 2.24) is 15.6 Å². The lowest BCUT2D eigenvalue weighted by Gasteiger charge is -2.18. The summed E-state index contributed by atoms with van der Waals surface area (Å²) in [5, 5.41) is 13.5. The number of amides is 1. The van der Waals surface area contributed by atoms with Crippen molar-refractivity contribution < 1.29 is 14.3 Å². The number of aryl methyl sites for hydroxylation is 1. The van der Waals surface area contributed by atoms with Gasteiger partial charge in [-0.15, -0.1) is 11.3 Å². The molecule has 0 aromatic carbocycles. The summed E-state index contributed by atoms with van der Waals surface area (Å²) in [7, 11) is 1.60. The first-order chi connectivity index (χ1) is 12.3. The standard InChI is InChI=1S/C18H22N4O3S/c1-10(12(3)23)22-18(24)17(20-4)14-7-13(5-6-15(14)19)25-8-16-11(2)21-9-26-16/h5-7,9-10,19-20H,8H2,1-4H3,(H,22,24)/b17-14-,19-15?/t10-/m1/s1. The average Bonchev–Trinajstić information content (AvgIpc) is 3.00. The molecule has 0 bridgehead atoms. The molecule has 1 aromatic heterocycles. The van der Waals surface area contributed by atoms with Crippen LogP contribution >= 0.6 is 11.3 Å². The summed E-state index contributed by atoms with van der Waals surface area (Å²) in [5.74, 6) is -0.0416. The zero-order chi connectivity index (χ0) is 19.3. The van der Waals surface area contributed by atoms with Gasteiger partial charge in [0.05, 0.1) is 27.8 Å². The Morgan fingerprint density at radius 1 is 1.38 bits per heavy atom. The Labute approximate surface area is 156 Å². The van der Waals surface area contributed by atoms with E-state index < -0.39 is 11.9 Å². The summed E-state index contributed by atoms with van der Waals surface area (Å²) in [5.41, 5.74) is 3.48. The van der Waals surface area contributed by atoms with Crippen LogP contribution in [0.2, 0.25) is 0 Å². The van der Waals surface area contributed by atoms with E-state index in [1.807, 2.05) is 6.92 Å². The van der Waals surface area contributed by atoms with Crippen LogP contribution in [0.3, 0.4) is 0 Å². The van der Waals surface area contributed by atoms with Crippen LogP contribution in [0.1, 0.15) is 24.4 Å². The second kappa shape index (κ2) is 8.57. The van der Waals surface area contributed by atoms with Crippen LogP contribution in [-0.2, 0) is 20.9 Å². The topological polar surface area (TPSA) is 104 Å². The maximum atomic E-state index is 12.4. The predicted molar refractivity (Wildman–Crippen MR) is 101 cm³/mol. The molecule has 2 rings (SSSR count). The summed E-state index contributed by atoms with van der Waals surface area (Å²) in [6, 6.07) is -0.603. The van der Waals surface area contributed by atoms with Gasteiger partial charge in [0.2, 0.25) is 0 Å². The molecule has 0 spiro atoms. The van der Waals surface area contributed by atoms with Crippen molar-refractivity contribution in [2.75, 3.05) is 7.05 Å². The fraction of sp³-hybridized carbons (Fsp3) is 0.333. The third-order valence-electron chi connectivity index (χ3n) is 3.91. The van der Waals surface area contributed by atoms with Crippen molar-refractivity contribution in [1.29, 1.82) is 5.41 Å². The number of ketones is 1. The van der Waals surface area contributed by atoms with E-state index in [2.05, 4.69) is 15.6 Å². The predicted octanol–water partition coefficient (Wildman–Crippen LogP) is 2.01. The largest absolute Gasteiger partial charge is 0.488 e. The minimum absolute atomic E-state index is 0.142. The average molecular weight is 374 g/mol. The lowest BCUT2D eigenvalue weighted by Crippen LogP contribution is -2.41. The molecule has 3 N–H and O–H groups in total. The lowest BCUT2D eigenvalue weighted by molar-refractivity contribution is -0.124. The molecule has 1 aliphatic rings. The number of hydrogen-bond acceptors (Lipinski definition) is 7. The zero-order valence-corrected chi connectivity index (χ0v) is 16.0. The number of rotatable bonds is 7. The van der Waals surface area contributed by atoms with Gasteiger partial charge in [0.15, 0.2) is 5.78 Å². The number of carbonyl (C=O) groups excluding carboxylic acids is 2. The first kappa shape index (κ1) is 19.6. The van der Waals surface area contributed by atoms with Gasteiger partial charge < -0.3 is 20.8 Å². The van der Waals surface area contributed by atoms with E-state index in [0.717, 1.165) is 10.6 Å². The van der Waals surface area contributed by atoms with E-state index in [-0.39, 0.29) is 17.2 Å². The Bertz CT molecular complexity index is 820. The van der Waals surface area contributed by atoms with Crippen LogP contribution in [0, 0.1) is 12.3 Å². The van der Waals surface area contributed by atoms with Crippen LogP contribution in [0.5, 0.6) is 0 Å². The maximum Gasteiger partial charge on any atom is 0.268 e. The lowest BCUT2D eigenvalue weighted by atomic mass is 10.0. The van der Waals surface area contributed by atoms with E-state index in [9.17, 15) is 9.59 Å². The molecule has 0 saturated carbocycles. The van der Waals surface area contributed by atoms with E-state index in [1.54, 1.807) is 37.7 Å². The van der Waals surface area contributed by atoms with Gasteiger partial charge in [-0.2, -0.15) is 0 Å². The number of thiazole rings is 1. The van der Waals surface area contributed by atoms with Gasteiger partial charge in [-0.3, -0.25) is 9.59 Å². The van der Waals surface area contributed by atoms with Crippen molar-refractivity contribution in [3.63, 3.8) is 0 Å². The smallest absolute Gasteiger partial charge is 0.268 e. The molecule has 8 heteroatoms. The summed E-state index contributed by atoms with van der Waals surface area (Å²) in [4.78, 5) is 29.0. The fourth-order valence-corrected chi connectivity index (χ4v) is 2.86. The Kier molecular flexibility index (Phi) is 6.46. The molecule has 138 valence electrons. The number of Topliss-reactive ketones (excluding diaryl/α,β-unsaturated/α-hetero) is 1. The van der Waals surface area contributed by atoms with Crippen LogP contribution in [0.25, 0.3) is 0 Å². The Morgan fingerprint density at radius 3 is 2.69 bits per heavy atom. The van der Waals surface area contributed by atoms with Crippen LogP contribution in [0.4, 0.5) is 0 Å². The molecule has 7 nitrogen and oxygen atoms in total. The quantitative estimate of drug-likeness (QED) is 0.633. The molecule has 1 aliphatic carbocycles. The number of allylic oxidation sites excluding steroid dienone is 4.